The molecule has 1 saturated heterocycles. The first-order valence-electron chi connectivity index (χ1n) is 13.2. The molecule has 5 rings (SSSR count). The van der Waals surface area contributed by atoms with Crippen LogP contribution >= 0.6 is 11.8 Å². The molecular formula is C31H32N2O5S. The lowest BCUT2D eigenvalue weighted by Crippen LogP contribution is -2.54. The van der Waals surface area contributed by atoms with Gasteiger partial charge < -0.3 is 20.1 Å². The lowest BCUT2D eigenvalue weighted by atomic mass is 9.88. The van der Waals surface area contributed by atoms with E-state index in [1.165, 1.54) is 4.90 Å². The van der Waals surface area contributed by atoms with Gasteiger partial charge in [-0.2, -0.15) is 11.8 Å². The molecule has 1 aliphatic carbocycles. The molecule has 1 aliphatic heterocycles. The quantitative estimate of drug-likeness (QED) is 0.380. The van der Waals surface area contributed by atoms with Crippen LogP contribution in [0.15, 0.2) is 78.9 Å². The number of fused-ring (bicyclic) bond motifs is 3. The summed E-state index contributed by atoms with van der Waals surface area (Å²) in [6, 6.07) is 25.7. The van der Waals surface area contributed by atoms with Crippen LogP contribution in [0.25, 0.3) is 11.1 Å². The molecule has 39 heavy (non-hydrogen) atoms. The molecule has 3 aromatic rings. The zero-order chi connectivity index (χ0) is 27.2. The first-order chi connectivity index (χ1) is 18.9. The Morgan fingerprint density at radius 2 is 1.49 bits per heavy atom. The maximum atomic E-state index is 13.4. The Balaban J connectivity index is 1.27. The number of alkyl carbamates (subject to hydrolysis) is 1. The molecular weight excluding hydrogens is 512 g/mol. The van der Waals surface area contributed by atoms with Crippen molar-refractivity contribution in [2.24, 2.45) is 0 Å². The molecule has 1 fully saturated rings. The second-order valence-corrected chi connectivity index (χ2v) is 11.4. The Bertz CT molecular complexity index is 1290. The normalized spacial score (nSPS) is 15.6. The fourth-order valence-corrected chi connectivity index (χ4v) is 6.83. The molecule has 2 aliphatic rings. The molecule has 2 N–H and O–H groups in total. The van der Waals surface area contributed by atoms with Gasteiger partial charge in [0.25, 0.3) is 0 Å². The average Bonchev–Trinajstić information content (AvgIpc) is 3.26. The minimum atomic E-state index is -1.07. The molecule has 0 unspecified atom stereocenters. The predicted molar refractivity (Wildman–Crippen MR) is 152 cm³/mol. The van der Waals surface area contributed by atoms with Crippen molar-refractivity contribution < 1.29 is 24.2 Å². The number of carboxylic acid groups (broad SMARTS) is 1. The van der Waals surface area contributed by atoms with Gasteiger partial charge >= 0.3 is 12.1 Å². The number of amides is 2. The molecule has 2 amide bonds. The minimum Gasteiger partial charge on any atom is -0.480 e. The van der Waals surface area contributed by atoms with Crippen LogP contribution in [-0.2, 0) is 20.9 Å². The van der Waals surface area contributed by atoms with Crippen LogP contribution in [0.5, 0.6) is 0 Å². The van der Waals surface area contributed by atoms with E-state index in [1.54, 1.807) is 11.8 Å². The largest absolute Gasteiger partial charge is 0.480 e. The molecule has 3 aromatic carbocycles. The number of rotatable bonds is 9. The van der Waals surface area contributed by atoms with Gasteiger partial charge in [0.2, 0.25) is 5.91 Å². The predicted octanol–water partition coefficient (Wildman–Crippen LogP) is 5.29. The molecule has 0 saturated carbocycles. The highest BCUT2D eigenvalue weighted by Gasteiger charge is 2.39. The van der Waals surface area contributed by atoms with E-state index >= 15 is 0 Å². The van der Waals surface area contributed by atoms with Gasteiger partial charge in [0.05, 0.1) is 12.0 Å². The minimum absolute atomic E-state index is 0.0257. The first kappa shape index (κ1) is 26.8. The fraction of sp³-hybridized carbons (Fsp3) is 0.323. The fourth-order valence-electron chi connectivity index (χ4n) is 5.56. The van der Waals surface area contributed by atoms with Gasteiger partial charge in [0.1, 0.15) is 13.2 Å². The summed E-state index contributed by atoms with van der Waals surface area (Å²) in [5.74, 6) is 0.173. The summed E-state index contributed by atoms with van der Waals surface area (Å²) in [6.45, 7) is -0.0109. The molecule has 8 heteroatoms. The molecule has 0 bridgehead atoms. The van der Waals surface area contributed by atoms with Crippen molar-refractivity contribution in [3.63, 3.8) is 0 Å². The molecule has 0 radical (unpaired) electrons. The summed E-state index contributed by atoms with van der Waals surface area (Å²) in [5, 5.41) is 12.5. The smallest absolute Gasteiger partial charge is 0.407 e. The van der Waals surface area contributed by atoms with Crippen molar-refractivity contribution in [1.82, 2.24) is 10.2 Å². The third kappa shape index (κ3) is 6.28. The topological polar surface area (TPSA) is 95.9 Å². The molecule has 7 nitrogen and oxygen atoms in total. The Labute approximate surface area is 232 Å². The zero-order valence-electron chi connectivity index (χ0n) is 21.7. The van der Waals surface area contributed by atoms with E-state index in [9.17, 15) is 19.5 Å². The number of aliphatic carboxylic acids is 1. The van der Waals surface area contributed by atoms with Crippen molar-refractivity contribution in [2.75, 3.05) is 24.7 Å². The first-order valence-corrected chi connectivity index (χ1v) is 14.3. The van der Waals surface area contributed by atoms with Gasteiger partial charge in [-0.3, -0.25) is 9.59 Å². The van der Waals surface area contributed by atoms with Crippen molar-refractivity contribution in [2.45, 2.75) is 37.3 Å². The molecule has 0 spiro atoms. The Morgan fingerprint density at radius 3 is 2.10 bits per heavy atom. The number of nitrogens with zero attached hydrogens (tertiary/aromatic N) is 1. The Morgan fingerprint density at radius 1 is 0.897 bits per heavy atom. The highest BCUT2D eigenvalue weighted by atomic mass is 32.2. The number of carboxylic acids is 1. The SMILES string of the molecule is O=C(O)CN(Cc1ccccc1)C(=O)CC1(NC(=O)OCC2c3ccccc3-c3ccccc32)CCSCC1. The van der Waals surface area contributed by atoms with Gasteiger partial charge in [0.15, 0.2) is 0 Å². The van der Waals surface area contributed by atoms with Crippen LogP contribution in [0.1, 0.15) is 41.9 Å². The van der Waals surface area contributed by atoms with Gasteiger partial charge in [-0.05, 0) is 52.2 Å². The Kier molecular flexibility index (Phi) is 8.21. The van der Waals surface area contributed by atoms with Gasteiger partial charge in [-0.15, -0.1) is 0 Å². The van der Waals surface area contributed by atoms with E-state index in [1.807, 2.05) is 54.6 Å². The van der Waals surface area contributed by atoms with E-state index in [-0.39, 0.29) is 31.4 Å². The van der Waals surface area contributed by atoms with Gasteiger partial charge in [-0.25, -0.2) is 4.79 Å². The lowest BCUT2D eigenvalue weighted by Gasteiger charge is -2.38. The lowest BCUT2D eigenvalue weighted by molar-refractivity contribution is -0.145. The van der Waals surface area contributed by atoms with Crippen LogP contribution in [0.3, 0.4) is 0 Å². The maximum Gasteiger partial charge on any atom is 0.407 e. The van der Waals surface area contributed by atoms with Crippen LogP contribution in [0.2, 0.25) is 0 Å². The Hall–Kier alpha value is -3.78. The number of nitrogens with one attached hydrogen (secondary N) is 1. The third-order valence-corrected chi connectivity index (χ3v) is 8.53. The number of carbonyl (C=O) groups excluding carboxylic acids is 2. The van der Waals surface area contributed by atoms with Crippen LogP contribution in [0, 0.1) is 0 Å². The van der Waals surface area contributed by atoms with E-state index in [0.717, 1.165) is 39.3 Å². The number of thioether (sulfide) groups is 1. The van der Waals surface area contributed by atoms with Crippen molar-refractivity contribution in [3.8, 4) is 11.1 Å². The molecule has 0 aromatic heterocycles. The molecule has 202 valence electrons. The maximum absolute atomic E-state index is 13.4. The summed E-state index contributed by atoms with van der Waals surface area (Å²) < 4.78 is 5.79. The van der Waals surface area contributed by atoms with E-state index in [2.05, 4.69) is 29.6 Å². The number of hydrogen-bond acceptors (Lipinski definition) is 5. The monoisotopic (exact) mass is 544 g/mol. The summed E-state index contributed by atoms with van der Waals surface area (Å²) in [6.07, 6.45) is 0.696. The number of ether oxygens (including phenoxy) is 1. The summed E-state index contributed by atoms with van der Waals surface area (Å²) in [7, 11) is 0. The van der Waals surface area contributed by atoms with Crippen LogP contribution < -0.4 is 5.32 Å². The third-order valence-electron chi connectivity index (χ3n) is 7.55. The molecule has 0 atom stereocenters. The number of hydrogen-bond donors (Lipinski definition) is 2. The highest BCUT2D eigenvalue weighted by molar-refractivity contribution is 7.99. The second-order valence-electron chi connectivity index (χ2n) is 10.1. The number of carbonyl (C=O) groups is 3. The highest BCUT2D eigenvalue weighted by Crippen LogP contribution is 2.44. The van der Waals surface area contributed by atoms with E-state index in [0.29, 0.717) is 12.8 Å². The number of benzene rings is 3. The zero-order valence-corrected chi connectivity index (χ0v) is 22.5. The van der Waals surface area contributed by atoms with Crippen LogP contribution in [-0.4, -0.2) is 58.2 Å². The standard InChI is InChI=1S/C31H32N2O5S/c34-28(33(20-29(35)36)19-22-8-2-1-3-9-22)18-31(14-16-39-17-15-31)32-30(37)38-21-27-25-12-6-4-10-23(25)24-11-5-7-13-26(24)27/h1-13,27H,14-21H2,(H,32,37)(H,35,36). The van der Waals surface area contributed by atoms with Gasteiger partial charge in [-0.1, -0.05) is 78.9 Å². The van der Waals surface area contributed by atoms with E-state index < -0.39 is 24.1 Å². The average molecular weight is 545 g/mol. The molecule has 1 heterocycles. The summed E-state index contributed by atoms with van der Waals surface area (Å²) in [4.78, 5) is 39.5. The summed E-state index contributed by atoms with van der Waals surface area (Å²) >= 11 is 1.78. The second kappa shape index (κ2) is 11.9. The summed E-state index contributed by atoms with van der Waals surface area (Å²) in [5.41, 5.74) is 4.66. The van der Waals surface area contributed by atoms with Gasteiger partial charge in [0, 0.05) is 12.5 Å². The van der Waals surface area contributed by atoms with Crippen LogP contribution in [0.4, 0.5) is 4.79 Å². The van der Waals surface area contributed by atoms with Crippen molar-refractivity contribution >= 4 is 29.7 Å². The van der Waals surface area contributed by atoms with Crippen molar-refractivity contribution in [1.29, 1.82) is 0 Å². The van der Waals surface area contributed by atoms with E-state index in [4.69, 9.17) is 4.74 Å². The van der Waals surface area contributed by atoms with Crippen molar-refractivity contribution in [3.05, 3.63) is 95.6 Å².